The van der Waals surface area contributed by atoms with Crippen molar-refractivity contribution < 1.29 is 14.0 Å². The monoisotopic (exact) mass is 327 g/mol. The molecule has 0 aliphatic carbocycles. The van der Waals surface area contributed by atoms with Crippen LogP contribution in [0.2, 0.25) is 0 Å². The highest BCUT2D eigenvalue weighted by atomic mass is 19.1. The summed E-state index contributed by atoms with van der Waals surface area (Å²) in [4.78, 5) is 23.9. The molecule has 0 aromatic heterocycles. The molecule has 0 fully saturated rings. The third-order valence-corrected chi connectivity index (χ3v) is 4.06. The van der Waals surface area contributed by atoms with Gasteiger partial charge >= 0.3 is 0 Å². The van der Waals surface area contributed by atoms with Crippen LogP contribution >= 0.6 is 0 Å². The number of carbonyl (C=O) groups excluding carboxylic acids is 2. The van der Waals surface area contributed by atoms with E-state index in [1.54, 1.807) is 18.2 Å². The second-order valence-corrected chi connectivity index (χ2v) is 5.95. The van der Waals surface area contributed by atoms with Crippen molar-refractivity contribution in [2.24, 2.45) is 0 Å². The van der Waals surface area contributed by atoms with Crippen LogP contribution in [0.25, 0.3) is 0 Å². The molecule has 3 nitrogen and oxygen atoms in total. The number of aryl methyl sites for hydroxylation is 2. The minimum Gasteiger partial charge on any atom is -0.356 e. The maximum atomic E-state index is 12.8. The van der Waals surface area contributed by atoms with Gasteiger partial charge in [-0.1, -0.05) is 24.3 Å². The number of Topliss-reactive ketones (excluding diaryl/α,β-unsaturated/α-hetero) is 1. The second-order valence-electron chi connectivity index (χ2n) is 5.95. The van der Waals surface area contributed by atoms with Crippen molar-refractivity contribution in [3.05, 3.63) is 70.5 Å². The van der Waals surface area contributed by atoms with Crippen molar-refractivity contribution in [2.75, 3.05) is 6.54 Å². The summed E-state index contributed by atoms with van der Waals surface area (Å²) in [5.74, 6) is -0.436. The summed E-state index contributed by atoms with van der Waals surface area (Å²) >= 11 is 0. The largest absolute Gasteiger partial charge is 0.356 e. The molecule has 2 rings (SSSR count). The molecule has 0 unspecified atom stereocenters. The predicted octanol–water partition coefficient (Wildman–Crippen LogP) is 3.76. The third-order valence-electron chi connectivity index (χ3n) is 4.06. The van der Waals surface area contributed by atoms with Crippen LogP contribution in [-0.2, 0) is 11.2 Å². The molecule has 24 heavy (non-hydrogen) atoms. The van der Waals surface area contributed by atoms with E-state index >= 15 is 0 Å². The number of ketones is 1. The highest BCUT2D eigenvalue weighted by Crippen LogP contribution is 2.12. The Hall–Kier alpha value is -2.49. The number of rotatable bonds is 7. The topological polar surface area (TPSA) is 46.2 Å². The van der Waals surface area contributed by atoms with Gasteiger partial charge in [-0.3, -0.25) is 9.59 Å². The normalized spacial score (nSPS) is 10.5. The molecule has 126 valence electrons. The summed E-state index contributed by atoms with van der Waals surface area (Å²) in [6, 6.07) is 11.8. The molecule has 0 saturated heterocycles. The number of benzene rings is 2. The van der Waals surface area contributed by atoms with Crippen molar-refractivity contribution in [3.63, 3.8) is 0 Å². The van der Waals surface area contributed by atoms with Crippen LogP contribution in [0, 0.1) is 19.7 Å². The van der Waals surface area contributed by atoms with E-state index in [0.29, 0.717) is 18.5 Å². The van der Waals surface area contributed by atoms with E-state index in [4.69, 9.17) is 0 Å². The Balaban J connectivity index is 1.73. The van der Waals surface area contributed by atoms with Crippen LogP contribution in [0.1, 0.15) is 39.9 Å². The minimum absolute atomic E-state index is 0.0215. The van der Waals surface area contributed by atoms with E-state index in [1.165, 1.54) is 12.1 Å². The van der Waals surface area contributed by atoms with E-state index in [2.05, 4.69) is 5.32 Å². The number of nitrogens with one attached hydrogen (secondary N) is 1. The zero-order valence-corrected chi connectivity index (χ0v) is 14.1. The van der Waals surface area contributed by atoms with Gasteiger partial charge in [0.25, 0.3) is 0 Å². The zero-order valence-electron chi connectivity index (χ0n) is 14.1. The lowest BCUT2D eigenvalue weighted by Crippen LogP contribution is -2.26. The molecule has 0 bridgehead atoms. The van der Waals surface area contributed by atoms with E-state index in [9.17, 15) is 14.0 Å². The molecule has 0 radical (unpaired) electrons. The third kappa shape index (κ3) is 5.30. The van der Waals surface area contributed by atoms with E-state index < -0.39 is 0 Å². The Labute approximate surface area is 141 Å². The molecule has 1 amide bonds. The summed E-state index contributed by atoms with van der Waals surface area (Å²) < 4.78 is 12.8. The van der Waals surface area contributed by atoms with Crippen molar-refractivity contribution in [2.45, 2.75) is 33.1 Å². The van der Waals surface area contributed by atoms with Crippen molar-refractivity contribution in [1.29, 1.82) is 0 Å². The number of hydrogen-bond acceptors (Lipinski definition) is 2. The lowest BCUT2D eigenvalue weighted by Gasteiger charge is -2.06. The van der Waals surface area contributed by atoms with Crippen LogP contribution in [0.5, 0.6) is 0 Å². The molecule has 0 saturated carbocycles. The summed E-state index contributed by atoms with van der Waals surface area (Å²) in [5, 5.41) is 2.79. The van der Waals surface area contributed by atoms with Crippen molar-refractivity contribution >= 4 is 11.7 Å². The first-order valence-corrected chi connectivity index (χ1v) is 8.07. The first-order chi connectivity index (χ1) is 11.5. The first-order valence-electron chi connectivity index (χ1n) is 8.07. The molecule has 0 atom stereocenters. The van der Waals surface area contributed by atoms with Gasteiger partial charge in [0.05, 0.1) is 0 Å². The van der Waals surface area contributed by atoms with E-state index in [1.807, 2.05) is 26.0 Å². The Kier molecular flexibility index (Phi) is 6.24. The molecular formula is C20H22FNO2. The first kappa shape index (κ1) is 17.9. The van der Waals surface area contributed by atoms with E-state index in [0.717, 1.165) is 16.7 Å². The molecule has 1 N–H and O–H groups in total. The van der Waals surface area contributed by atoms with Gasteiger partial charge in [-0.2, -0.15) is 0 Å². The van der Waals surface area contributed by atoms with Gasteiger partial charge < -0.3 is 5.32 Å². The zero-order chi connectivity index (χ0) is 17.5. The van der Waals surface area contributed by atoms with Crippen molar-refractivity contribution in [3.8, 4) is 0 Å². The fourth-order valence-electron chi connectivity index (χ4n) is 2.37. The number of carbonyl (C=O) groups is 2. The molecule has 2 aromatic carbocycles. The molecule has 0 aliphatic rings. The van der Waals surface area contributed by atoms with Gasteiger partial charge in [-0.15, -0.1) is 0 Å². The van der Waals surface area contributed by atoms with Crippen LogP contribution in [0.3, 0.4) is 0 Å². The Morgan fingerprint density at radius 3 is 2.33 bits per heavy atom. The minimum atomic E-state index is -0.271. The second kappa shape index (κ2) is 8.39. The average Bonchev–Trinajstić information content (AvgIpc) is 2.57. The fourth-order valence-corrected chi connectivity index (χ4v) is 2.37. The number of hydrogen-bond donors (Lipinski definition) is 1. The van der Waals surface area contributed by atoms with Crippen molar-refractivity contribution in [1.82, 2.24) is 5.32 Å². The summed E-state index contributed by atoms with van der Waals surface area (Å²) in [6.07, 6.45) is 1.01. The lowest BCUT2D eigenvalue weighted by atomic mass is 10.0. The summed E-state index contributed by atoms with van der Waals surface area (Å²) in [7, 11) is 0. The molecule has 4 heteroatoms. The Morgan fingerprint density at radius 2 is 1.67 bits per heavy atom. The van der Waals surface area contributed by atoms with Gasteiger partial charge in [0.15, 0.2) is 5.78 Å². The van der Waals surface area contributed by atoms with Crippen LogP contribution in [0.15, 0.2) is 42.5 Å². The average molecular weight is 327 g/mol. The maximum absolute atomic E-state index is 12.8. The van der Waals surface area contributed by atoms with Gasteiger partial charge in [-0.25, -0.2) is 4.39 Å². The smallest absolute Gasteiger partial charge is 0.220 e. The summed E-state index contributed by atoms with van der Waals surface area (Å²) in [6.45, 7) is 4.44. The SMILES string of the molecule is Cc1ccc(C(=O)CCC(=O)NCCc2ccc(F)cc2)cc1C. The predicted molar refractivity (Wildman–Crippen MR) is 92.6 cm³/mol. The molecule has 2 aromatic rings. The van der Waals surface area contributed by atoms with Gasteiger partial charge in [0.1, 0.15) is 5.82 Å². The molecule has 0 heterocycles. The Bertz CT molecular complexity index is 723. The standard InChI is InChI=1S/C20H22FNO2/c1-14-3-6-17(13-15(14)2)19(23)9-10-20(24)22-12-11-16-4-7-18(21)8-5-16/h3-8,13H,9-12H2,1-2H3,(H,22,24). The number of halogens is 1. The van der Waals surface area contributed by atoms with E-state index in [-0.39, 0.29) is 30.3 Å². The molecule has 0 aliphatic heterocycles. The number of amides is 1. The quantitative estimate of drug-likeness (QED) is 0.787. The fraction of sp³-hybridized carbons (Fsp3) is 0.300. The highest BCUT2D eigenvalue weighted by Gasteiger charge is 2.10. The molecule has 0 spiro atoms. The van der Waals surface area contributed by atoms with Crippen LogP contribution in [0.4, 0.5) is 4.39 Å². The lowest BCUT2D eigenvalue weighted by molar-refractivity contribution is -0.121. The van der Waals surface area contributed by atoms with Crippen LogP contribution in [-0.4, -0.2) is 18.2 Å². The Morgan fingerprint density at radius 1 is 0.958 bits per heavy atom. The van der Waals surface area contributed by atoms with Gasteiger partial charge in [-0.05, 0) is 55.2 Å². The van der Waals surface area contributed by atoms with Crippen LogP contribution < -0.4 is 5.32 Å². The van der Waals surface area contributed by atoms with Gasteiger partial charge in [0.2, 0.25) is 5.91 Å². The molecular weight excluding hydrogens is 305 g/mol. The van der Waals surface area contributed by atoms with Gasteiger partial charge in [0, 0.05) is 24.9 Å². The maximum Gasteiger partial charge on any atom is 0.220 e. The summed E-state index contributed by atoms with van der Waals surface area (Å²) in [5.41, 5.74) is 3.83. The highest BCUT2D eigenvalue weighted by molar-refractivity contribution is 5.98.